The van der Waals surface area contributed by atoms with Gasteiger partial charge in [0.25, 0.3) is 0 Å². The van der Waals surface area contributed by atoms with Gasteiger partial charge in [0.15, 0.2) is 35.7 Å². The Kier molecular flexibility index (Phi) is 6.68. The minimum atomic E-state index is -3.77. The average molecular weight is 594 g/mol. The number of primary sulfonamides is 1. The number of pyridine rings is 1. The Hall–Kier alpha value is -4.39. The molecule has 210 valence electrons. The van der Waals surface area contributed by atoms with Crippen LogP contribution in [0.1, 0.15) is 11.3 Å². The molecule has 2 aliphatic rings. The number of methoxy groups -OCH3 is 1. The first-order valence-electron chi connectivity index (χ1n) is 12.5. The third kappa shape index (κ3) is 4.79. The summed E-state index contributed by atoms with van der Waals surface area (Å²) in [7, 11) is -2.16. The van der Waals surface area contributed by atoms with E-state index in [1.165, 1.54) is 17.7 Å². The number of nitrogens with zero attached hydrogens (tertiary/aromatic N) is 4. The number of rotatable bonds is 6. The number of benzene rings is 3. The predicted molar refractivity (Wildman–Crippen MR) is 143 cm³/mol. The van der Waals surface area contributed by atoms with Gasteiger partial charge in [0.2, 0.25) is 22.5 Å². The van der Waals surface area contributed by atoms with Crippen LogP contribution >= 0.6 is 0 Å². The number of aryl methyl sites for hydroxylation is 2. The highest BCUT2D eigenvalue weighted by atomic mass is 35.5. The molecule has 2 aliphatic heterocycles. The van der Waals surface area contributed by atoms with Crippen molar-refractivity contribution in [2.75, 3.05) is 13.9 Å². The van der Waals surface area contributed by atoms with Crippen molar-refractivity contribution in [2.24, 2.45) is 5.14 Å². The van der Waals surface area contributed by atoms with Crippen LogP contribution in [0.2, 0.25) is 0 Å². The molecule has 0 bridgehead atoms. The van der Waals surface area contributed by atoms with E-state index in [-0.39, 0.29) is 30.7 Å². The summed E-state index contributed by atoms with van der Waals surface area (Å²) >= 11 is 0. The van der Waals surface area contributed by atoms with Gasteiger partial charge < -0.3 is 31.4 Å². The Morgan fingerprint density at radius 2 is 1.85 bits per heavy atom. The van der Waals surface area contributed by atoms with E-state index in [1.807, 2.05) is 12.1 Å². The van der Waals surface area contributed by atoms with Gasteiger partial charge >= 0.3 is 0 Å². The fourth-order valence-electron chi connectivity index (χ4n) is 5.13. The molecule has 11 nitrogen and oxygen atoms in total. The maximum absolute atomic E-state index is 11.5. The number of nitrogens with two attached hydrogens (primary N) is 1. The molecule has 0 saturated heterocycles. The molecule has 3 aromatic carbocycles. The lowest BCUT2D eigenvalue weighted by atomic mass is 9.95. The molecule has 0 atom stereocenters. The molecule has 0 unspecified atom stereocenters. The van der Waals surface area contributed by atoms with Gasteiger partial charge in [-0.1, -0.05) is 5.21 Å². The summed E-state index contributed by atoms with van der Waals surface area (Å²) in [6, 6.07) is 16.3. The van der Waals surface area contributed by atoms with Crippen LogP contribution in [-0.2, 0) is 29.6 Å². The summed E-state index contributed by atoms with van der Waals surface area (Å²) in [6.07, 6.45) is 4.69. The minimum Gasteiger partial charge on any atom is -1.00 e. The average Bonchev–Trinajstić information content (AvgIpc) is 3.63. The smallest absolute Gasteiger partial charge is 0.238 e. The highest BCUT2D eigenvalue weighted by Gasteiger charge is 2.28. The standard InChI is InChI=1S/C28H24N5O6S.ClH/c1-36-25-7-2-17-10-24-22-12-27-26(38-16-39-27)11-18(22)8-9-32(24)14-23(17)28(25)37-15-19-13-33(31-30-19)20-3-5-21(6-4-20)40(29,34)35;/h2-7,10-14H,8-9,15-16H2,1H3,(H2,29,34,35);1H/q+1;/p-1. The zero-order chi connectivity index (χ0) is 27.4. The van der Waals surface area contributed by atoms with Crippen LogP contribution in [0.5, 0.6) is 23.0 Å². The molecule has 0 radical (unpaired) electrons. The van der Waals surface area contributed by atoms with Crippen molar-refractivity contribution >= 4 is 20.8 Å². The van der Waals surface area contributed by atoms with Gasteiger partial charge in [0, 0.05) is 12.5 Å². The van der Waals surface area contributed by atoms with E-state index < -0.39 is 10.0 Å². The van der Waals surface area contributed by atoms with Crippen LogP contribution < -0.4 is 41.1 Å². The molecule has 0 spiro atoms. The number of hydrogen-bond acceptors (Lipinski definition) is 8. The van der Waals surface area contributed by atoms with Crippen LogP contribution in [0.25, 0.3) is 27.7 Å². The number of ether oxygens (including phenoxy) is 4. The molecule has 2 N–H and O–H groups in total. The van der Waals surface area contributed by atoms with Gasteiger partial charge in [-0.2, -0.15) is 4.57 Å². The second-order valence-electron chi connectivity index (χ2n) is 9.55. The van der Waals surface area contributed by atoms with Crippen LogP contribution in [0.4, 0.5) is 0 Å². The molecule has 5 aromatic rings. The Balaban J connectivity index is 0.00000302. The van der Waals surface area contributed by atoms with Crippen LogP contribution in [-0.4, -0.2) is 37.3 Å². The molecule has 0 fully saturated rings. The Labute approximate surface area is 241 Å². The maximum atomic E-state index is 11.5. The third-order valence-electron chi connectivity index (χ3n) is 7.13. The van der Waals surface area contributed by atoms with Crippen molar-refractivity contribution in [1.29, 1.82) is 0 Å². The topological polar surface area (TPSA) is 132 Å². The van der Waals surface area contributed by atoms with Gasteiger partial charge in [-0.3, -0.25) is 0 Å². The number of fused-ring (bicyclic) bond motifs is 5. The van der Waals surface area contributed by atoms with Gasteiger partial charge in [0.1, 0.15) is 12.3 Å². The first kappa shape index (κ1) is 26.8. The molecular weight excluding hydrogens is 570 g/mol. The number of halogens is 1. The van der Waals surface area contributed by atoms with E-state index in [1.54, 1.807) is 30.1 Å². The Morgan fingerprint density at radius 3 is 2.61 bits per heavy atom. The Bertz CT molecular complexity index is 1910. The lowest BCUT2D eigenvalue weighted by Gasteiger charge is -2.17. The molecule has 0 amide bonds. The van der Waals surface area contributed by atoms with Crippen molar-refractivity contribution in [2.45, 2.75) is 24.5 Å². The Morgan fingerprint density at radius 1 is 1.07 bits per heavy atom. The second kappa shape index (κ2) is 10.2. The number of hydrogen-bond donors (Lipinski definition) is 1. The summed E-state index contributed by atoms with van der Waals surface area (Å²) < 4.78 is 49.9. The zero-order valence-electron chi connectivity index (χ0n) is 21.8. The van der Waals surface area contributed by atoms with Crippen LogP contribution in [0.15, 0.2) is 71.9 Å². The summed E-state index contributed by atoms with van der Waals surface area (Å²) in [5, 5.41) is 15.5. The van der Waals surface area contributed by atoms with E-state index in [0.29, 0.717) is 22.9 Å². The first-order valence-corrected chi connectivity index (χ1v) is 14.1. The monoisotopic (exact) mass is 593 g/mol. The normalized spacial score (nSPS) is 13.3. The van der Waals surface area contributed by atoms with Crippen molar-refractivity contribution in [3.05, 3.63) is 78.2 Å². The summed E-state index contributed by atoms with van der Waals surface area (Å²) in [5.74, 6) is 2.78. The van der Waals surface area contributed by atoms with Crippen molar-refractivity contribution in [1.82, 2.24) is 15.0 Å². The lowest BCUT2D eigenvalue weighted by Crippen LogP contribution is -3.00. The van der Waals surface area contributed by atoms with Gasteiger partial charge in [0.05, 0.1) is 34.8 Å². The van der Waals surface area contributed by atoms with Gasteiger partial charge in [-0.25, -0.2) is 18.2 Å². The molecule has 0 aliphatic carbocycles. The quantitative estimate of drug-likeness (QED) is 0.270. The fourth-order valence-corrected chi connectivity index (χ4v) is 5.65. The van der Waals surface area contributed by atoms with Crippen molar-refractivity contribution in [3.63, 3.8) is 0 Å². The largest absolute Gasteiger partial charge is 1.00 e. The molecule has 2 aromatic heterocycles. The fraction of sp³-hybridized carbons (Fsp3) is 0.179. The molecule has 13 heteroatoms. The zero-order valence-corrected chi connectivity index (χ0v) is 23.4. The van der Waals surface area contributed by atoms with Crippen molar-refractivity contribution < 1.29 is 44.3 Å². The number of aromatic nitrogens is 4. The van der Waals surface area contributed by atoms with E-state index in [0.717, 1.165) is 46.5 Å². The molecule has 7 rings (SSSR count). The van der Waals surface area contributed by atoms with Crippen LogP contribution in [0.3, 0.4) is 0 Å². The van der Waals surface area contributed by atoms with E-state index in [4.69, 9.17) is 24.1 Å². The predicted octanol–water partition coefficient (Wildman–Crippen LogP) is -0.101. The molecular formula is C28H24ClN5O6S. The van der Waals surface area contributed by atoms with E-state index in [2.05, 4.69) is 39.3 Å². The van der Waals surface area contributed by atoms with E-state index >= 15 is 0 Å². The van der Waals surface area contributed by atoms with E-state index in [9.17, 15) is 8.42 Å². The highest BCUT2D eigenvalue weighted by Crippen LogP contribution is 2.41. The van der Waals surface area contributed by atoms with Gasteiger partial charge in [-0.15, -0.1) is 5.10 Å². The summed E-state index contributed by atoms with van der Waals surface area (Å²) in [6.45, 7) is 1.21. The van der Waals surface area contributed by atoms with Gasteiger partial charge in [-0.05, 0) is 59.5 Å². The summed E-state index contributed by atoms with van der Waals surface area (Å²) in [4.78, 5) is 0.0257. The first-order chi connectivity index (χ1) is 19.4. The summed E-state index contributed by atoms with van der Waals surface area (Å²) in [5.41, 5.74) is 4.69. The van der Waals surface area contributed by atoms with Crippen molar-refractivity contribution in [3.8, 4) is 39.9 Å². The third-order valence-corrected chi connectivity index (χ3v) is 8.06. The second-order valence-corrected chi connectivity index (χ2v) is 11.1. The molecule has 0 saturated carbocycles. The highest BCUT2D eigenvalue weighted by molar-refractivity contribution is 7.89. The SMILES string of the molecule is COc1ccc2cc3[n+](cc2c1OCc1cn(-c2ccc(S(N)(=O)=O)cc2)nn1)CCc1cc2c(cc1-3)OCO2.[Cl-]. The molecule has 41 heavy (non-hydrogen) atoms. The number of sulfonamides is 1. The minimum absolute atomic E-state index is 0. The maximum Gasteiger partial charge on any atom is 0.238 e. The molecule has 4 heterocycles. The van der Waals surface area contributed by atoms with Crippen LogP contribution in [0, 0.1) is 0 Å². The lowest BCUT2D eigenvalue weighted by molar-refractivity contribution is -0.686.